The van der Waals surface area contributed by atoms with Gasteiger partial charge in [-0.15, -0.1) is 0 Å². The van der Waals surface area contributed by atoms with Crippen molar-refractivity contribution in [2.75, 3.05) is 0 Å². The Morgan fingerprint density at radius 1 is 1.55 bits per heavy atom. The molecule has 4 nitrogen and oxygen atoms in total. The Balaban J connectivity index is 4.19. The van der Waals surface area contributed by atoms with Gasteiger partial charge >= 0.3 is 5.97 Å². The van der Waals surface area contributed by atoms with Gasteiger partial charge in [0.15, 0.2) is 0 Å². The molecule has 0 aromatic rings. The molecule has 0 atom stereocenters. The summed E-state index contributed by atoms with van der Waals surface area (Å²) < 4.78 is 0. The minimum atomic E-state index is -1.10. The predicted octanol–water partition coefficient (Wildman–Crippen LogP) is 0.577. The van der Waals surface area contributed by atoms with E-state index in [2.05, 4.69) is 6.58 Å². The summed E-state index contributed by atoms with van der Waals surface area (Å²) in [5.74, 6) is -1.38. The average Bonchev–Trinajstić information content (AvgIpc) is 1.87. The maximum Gasteiger partial charge on any atom is 0.329 e. The molecule has 4 heteroatoms. The van der Waals surface area contributed by atoms with Crippen molar-refractivity contribution in [1.82, 2.24) is 4.90 Å². The number of rotatable bonds is 3. The van der Waals surface area contributed by atoms with E-state index in [4.69, 9.17) is 5.11 Å². The summed E-state index contributed by atoms with van der Waals surface area (Å²) in [5, 5.41) is 8.18. The largest absolute Gasteiger partial charge is 0.478 e. The van der Waals surface area contributed by atoms with Gasteiger partial charge < -0.3 is 5.11 Å². The van der Waals surface area contributed by atoms with Crippen LogP contribution in [-0.2, 0) is 9.59 Å². The third kappa shape index (κ3) is 3.91. The highest BCUT2D eigenvalue weighted by molar-refractivity contribution is 5.81. The lowest BCUT2D eigenvalue weighted by Crippen LogP contribution is -2.15. The second kappa shape index (κ2) is 4.27. The van der Waals surface area contributed by atoms with Crippen molar-refractivity contribution in [3.63, 3.8) is 0 Å². The molecule has 0 saturated heterocycles. The Labute approximate surface area is 64.4 Å². The van der Waals surface area contributed by atoms with Crippen LogP contribution in [0.1, 0.15) is 6.92 Å². The number of aliphatic carboxylic acids is 1. The zero-order valence-electron chi connectivity index (χ0n) is 6.15. The summed E-state index contributed by atoms with van der Waals surface area (Å²) in [4.78, 5) is 21.7. The average molecular weight is 155 g/mol. The minimum Gasteiger partial charge on any atom is -0.478 e. The molecule has 0 aliphatic carbocycles. The Morgan fingerprint density at radius 3 is 2.36 bits per heavy atom. The van der Waals surface area contributed by atoms with Crippen molar-refractivity contribution in [3.05, 3.63) is 25.1 Å². The molecule has 11 heavy (non-hydrogen) atoms. The number of carbonyl (C=O) groups is 2. The van der Waals surface area contributed by atoms with Gasteiger partial charge in [0.25, 0.3) is 0 Å². The first-order valence-corrected chi connectivity index (χ1v) is 2.90. The Kier molecular flexibility index (Phi) is 3.66. The van der Waals surface area contributed by atoms with Crippen molar-refractivity contribution in [1.29, 1.82) is 0 Å². The lowest BCUT2D eigenvalue weighted by molar-refractivity contribution is -0.131. The van der Waals surface area contributed by atoms with E-state index in [1.807, 2.05) is 0 Å². The molecule has 0 heterocycles. The summed E-state index contributed by atoms with van der Waals surface area (Å²) in [6, 6.07) is 0. The first kappa shape index (κ1) is 9.42. The van der Waals surface area contributed by atoms with Crippen LogP contribution in [0.3, 0.4) is 0 Å². The monoisotopic (exact) mass is 155 g/mol. The van der Waals surface area contributed by atoms with E-state index in [1.54, 1.807) is 0 Å². The molecule has 0 aromatic carbocycles. The van der Waals surface area contributed by atoms with Gasteiger partial charge in [0, 0.05) is 25.4 Å². The van der Waals surface area contributed by atoms with Gasteiger partial charge in [-0.05, 0) is 0 Å². The molecule has 1 N–H and O–H groups in total. The Bertz CT molecular complexity index is 208. The molecular formula is C7H9NO3. The molecule has 0 aliphatic rings. The van der Waals surface area contributed by atoms with Crippen LogP contribution >= 0.6 is 0 Å². The second-order valence-corrected chi connectivity index (χ2v) is 1.76. The SMILES string of the molecule is C=CN(C=CC(=O)O)C(C)=O. The van der Waals surface area contributed by atoms with E-state index >= 15 is 0 Å². The summed E-state index contributed by atoms with van der Waals surface area (Å²) in [5.41, 5.74) is 0. The maximum absolute atomic E-state index is 10.6. The van der Waals surface area contributed by atoms with Gasteiger partial charge in [0.2, 0.25) is 5.91 Å². The molecule has 0 saturated carbocycles. The zero-order valence-corrected chi connectivity index (χ0v) is 6.15. The van der Waals surface area contributed by atoms with Gasteiger partial charge in [-0.3, -0.25) is 9.69 Å². The minimum absolute atomic E-state index is 0.280. The lowest BCUT2D eigenvalue weighted by Gasteiger charge is -2.07. The predicted molar refractivity (Wildman–Crippen MR) is 39.5 cm³/mol. The second-order valence-electron chi connectivity index (χ2n) is 1.76. The Hall–Kier alpha value is -1.58. The fourth-order valence-electron chi connectivity index (χ4n) is 0.438. The molecule has 1 amide bonds. The number of carboxylic acids is 1. The summed E-state index contributed by atoms with van der Waals surface area (Å²) in [7, 11) is 0. The molecule has 60 valence electrons. The number of nitrogens with zero attached hydrogens (tertiary/aromatic N) is 1. The first-order chi connectivity index (χ1) is 5.07. The highest BCUT2D eigenvalue weighted by atomic mass is 16.4. The van der Waals surface area contributed by atoms with Crippen LogP contribution in [0.15, 0.2) is 25.1 Å². The third-order valence-electron chi connectivity index (χ3n) is 0.938. The van der Waals surface area contributed by atoms with E-state index in [-0.39, 0.29) is 5.91 Å². The molecule has 0 fully saturated rings. The summed E-state index contributed by atoms with van der Waals surface area (Å²) >= 11 is 0. The normalized spacial score (nSPS) is 9.55. The molecule has 0 rings (SSSR count). The van der Waals surface area contributed by atoms with E-state index < -0.39 is 5.97 Å². The van der Waals surface area contributed by atoms with Crippen molar-refractivity contribution in [2.24, 2.45) is 0 Å². The molecule has 0 aliphatic heterocycles. The highest BCUT2D eigenvalue weighted by Gasteiger charge is 1.98. The van der Waals surface area contributed by atoms with Crippen molar-refractivity contribution < 1.29 is 14.7 Å². The van der Waals surface area contributed by atoms with Crippen LogP contribution < -0.4 is 0 Å². The molecule has 0 spiro atoms. The fourth-order valence-corrected chi connectivity index (χ4v) is 0.438. The van der Waals surface area contributed by atoms with E-state index in [9.17, 15) is 9.59 Å². The molecule has 0 bridgehead atoms. The lowest BCUT2D eigenvalue weighted by atomic mass is 10.5. The Morgan fingerprint density at radius 2 is 2.09 bits per heavy atom. The van der Waals surface area contributed by atoms with Gasteiger partial charge in [0.1, 0.15) is 0 Å². The topological polar surface area (TPSA) is 57.6 Å². The van der Waals surface area contributed by atoms with E-state index in [0.29, 0.717) is 0 Å². The standard InChI is InChI=1S/C7H9NO3/c1-3-8(6(2)9)5-4-7(10)11/h3-5H,1H2,2H3,(H,10,11). The number of hydrogen-bond donors (Lipinski definition) is 1. The van der Waals surface area contributed by atoms with Crippen molar-refractivity contribution in [2.45, 2.75) is 6.92 Å². The number of amides is 1. The third-order valence-corrected chi connectivity index (χ3v) is 0.938. The van der Waals surface area contributed by atoms with Crippen LogP contribution in [0.25, 0.3) is 0 Å². The van der Waals surface area contributed by atoms with E-state index in [1.165, 1.54) is 13.1 Å². The molecular weight excluding hydrogens is 146 g/mol. The summed E-state index contributed by atoms with van der Waals surface area (Å²) in [6.07, 6.45) is 3.24. The first-order valence-electron chi connectivity index (χ1n) is 2.90. The smallest absolute Gasteiger partial charge is 0.329 e. The van der Waals surface area contributed by atoms with Gasteiger partial charge in [-0.25, -0.2) is 4.79 Å². The van der Waals surface area contributed by atoms with Crippen LogP contribution in [0.2, 0.25) is 0 Å². The number of carboxylic acid groups (broad SMARTS) is 1. The number of carbonyl (C=O) groups excluding carboxylic acids is 1. The van der Waals surface area contributed by atoms with Crippen LogP contribution in [0.5, 0.6) is 0 Å². The quantitative estimate of drug-likeness (QED) is 0.606. The van der Waals surface area contributed by atoms with Gasteiger partial charge in [0.05, 0.1) is 0 Å². The molecule has 0 aromatic heterocycles. The van der Waals surface area contributed by atoms with Crippen molar-refractivity contribution in [3.8, 4) is 0 Å². The molecule has 0 unspecified atom stereocenters. The molecule has 0 radical (unpaired) electrons. The number of hydrogen-bond acceptors (Lipinski definition) is 2. The van der Waals surface area contributed by atoms with Gasteiger partial charge in [-0.2, -0.15) is 0 Å². The summed E-state index contributed by atoms with van der Waals surface area (Å²) in [6.45, 7) is 4.63. The van der Waals surface area contributed by atoms with Crippen molar-refractivity contribution >= 4 is 11.9 Å². The maximum atomic E-state index is 10.6. The van der Waals surface area contributed by atoms with Crippen LogP contribution in [0.4, 0.5) is 0 Å². The zero-order chi connectivity index (χ0) is 8.85. The highest BCUT2D eigenvalue weighted by Crippen LogP contribution is 1.90. The fraction of sp³-hybridized carbons (Fsp3) is 0.143. The van der Waals surface area contributed by atoms with Crippen LogP contribution in [0, 0.1) is 0 Å². The van der Waals surface area contributed by atoms with Crippen LogP contribution in [-0.4, -0.2) is 21.9 Å². The van der Waals surface area contributed by atoms with E-state index in [0.717, 1.165) is 17.2 Å². The van der Waals surface area contributed by atoms with Gasteiger partial charge in [-0.1, -0.05) is 6.58 Å².